The standard InChI is InChI=1S/C21H23ClN2O2/c1-3-24(14-16-7-5-4-6-8-16)20(26)21(11-12-21)19(25)23-18-10-9-17(22)13-15(18)2/h4-10,13H,3,11-12,14H2,1-2H3,(H,23,25). The molecule has 0 unspecified atom stereocenters. The summed E-state index contributed by atoms with van der Waals surface area (Å²) in [4.78, 5) is 27.7. The van der Waals surface area contributed by atoms with E-state index in [2.05, 4.69) is 5.32 Å². The number of anilines is 1. The Labute approximate surface area is 159 Å². The predicted octanol–water partition coefficient (Wildman–Crippen LogP) is 4.42. The molecule has 2 amide bonds. The molecule has 4 nitrogen and oxygen atoms in total. The van der Waals surface area contributed by atoms with Crippen LogP contribution in [0.1, 0.15) is 30.9 Å². The number of hydrogen-bond donors (Lipinski definition) is 1. The Morgan fingerprint density at radius 2 is 1.85 bits per heavy atom. The zero-order chi connectivity index (χ0) is 18.7. The number of aryl methyl sites for hydroxylation is 1. The lowest BCUT2D eigenvalue weighted by atomic mass is 10.0. The molecule has 2 aromatic rings. The molecule has 5 heteroatoms. The van der Waals surface area contributed by atoms with Gasteiger partial charge in [-0.15, -0.1) is 0 Å². The average Bonchev–Trinajstić information content (AvgIpc) is 3.44. The normalized spacial score (nSPS) is 14.6. The summed E-state index contributed by atoms with van der Waals surface area (Å²) in [6.07, 6.45) is 1.19. The van der Waals surface area contributed by atoms with E-state index in [1.165, 1.54) is 0 Å². The lowest BCUT2D eigenvalue weighted by Crippen LogP contribution is -2.42. The van der Waals surface area contributed by atoms with Gasteiger partial charge in [-0.2, -0.15) is 0 Å². The number of rotatable bonds is 6. The highest BCUT2D eigenvalue weighted by molar-refractivity contribution is 6.30. The molecular weight excluding hydrogens is 348 g/mol. The Morgan fingerprint density at radius 3 is 2.42 bits per heavy atom. The van der Waals surface area contributed by atoms with E-state index in [-0.39, 0.29) is 11.8 Å². The van der Waals surface area contributed by atoms with Crippen molar-refractivity contribution in [3.8, 4) is 0 Å². The largest absolute Gasteiger partial charge is 0.338 e. The van der Waals surface area contributed by atoms with Gasteiger partial charge in [0.25, 0.3) is 0 Å². The molecule has 1 N–H and O–H groups in total. The molecule has 0 heterocycles. The SMILES string of the molecule is CCN(Cc1ccccc1)C(=O)C1(C(=O)Nc2ccc(Cl)cc2C)CC1. The van der Waals surface area contributed by atoms with Crippen LogP contribution in [-0.4, -0.2) is 23.3 Å². The van der Waals surface area contributed by atoms with Gasteiger partial charge >= 0.3 is 0 Å². The van der Waals surface area contributed by atoms with Crippen molar-refractivity contribution >= 4 is 29.1 Å². The Balaban J connectivity index is 1.73. The summed E-state index contributed by atoms with van der Waals surface area (Å²) < 4.78 is 0. The number of carbonyl (C=O) groups is 2. The summed E-state index contributed by atoms with van der Waals surface area (Å²) in [7, 11) is 0. The van der Waals surface area contributed by atoms with Gasteiger partial charge in [-0.05, 0) is 56.0 Å². The molecule has 1 fully saturated rings. The smallest absolute Gasteiger partial charge is 0.240 e. The van der Waals surface area contributed by atoms with Gasteiger partial charge in [0.1, 0.15) is 5.41 Å². The van der Waals surface area contributed by atoms with Crippen LogP contribution < -0.4 is 5.32 Å². The van der Waals surface area contributed by atoms with E-state index in [0.717, 1.165) is 11.1 Å². The van der Waals surface area contributed by atoms with E-state index >= 15 is 0 Å². The minimum atomic E-state index is -0.934. The molecule has 1 saturated carbocycles. The van der Waals surface area contributed by atoms with Crippen molar-refractivity contribution in [3.63, 3.8) is 0 Å². The predicted molar refractivity (Wildman–Crippen MR) is 104 cm³/mol. The Morgan fingerprint density at radius 1 is 1.15 bits per heavy atom. The minimum absolute atomic E-state index is 0.0898. The van der Waals surface area contributed by atoms with Crippen LogP contribution in [0.5, 0.6) is 0 Å². The van der Waals surface area contributed by atoms with Crippen molar-refractivity contribution in [2.24, 2.45) is 5.41 Å². The van der Waals surface area contributed by atoms with Crippen LogP contribution in [0.4, 0.5) is 5.69 Å². The van der Waals surface area contributed by atoms with Crippen molar-refractivity contribution in [2.45, 2.75) is 33.2 Å². The van der Waals surface area contributed by atoms with Crippen molar-refractivity contribution in [3.05, 3.63) is 64.7 Å². The zero-order valence-electron chi connectivity index (χ0n) is 15.1. The summed E-state index contributed by atoms with van der Waals surface area (Å²) >= 11 is 5.97. The Hall–Kier alpha value is -2.33. The van der Waals surface area contributed by atoms with Gasteiger partial charge in [0.05, 0.1) is 0 Å². The number of amides is 2. The first kappa shape index (κ1) is 18.5. The number of nitrogens with zero attached hydrogens (tertiary/aromatic N) is 1. The first-order valence-electron chi connectivity index (χ1n) is 8.87. The molecule has 0 atom stereocenters. The van der Waals surface area contributed by atoms with Gasteiger partial charge in [0.2, 0.25) is 11.8 Å². The van der Waals surface area contributed by atoms with Gasteiger partial charge in [-0.3, -0.25) is 9.59 Å². The third-order valence-electron chi connectivity index (χ3n) is 4.92. The monoisotopic (exact) mass is 370 g/mol. The van der Waals surface area contributed by atoms with Crippen LogP contribution >= 0.6 is 11.6 Å². The summed E-state index contributed by atoms with van der Waals surface area (Å²) in [5.41, 5.74) is 1.71. The molecule has 0 bridgehead atoms. The fourth-order valence-electron chi connectivity index (χ4n) is 3.11. The van der Waals surface area contributed by atoms with Crippen molar-refractivity contribution in [1.29, 1.82) is 0 Å². The molecule has 2 aromatic carbocycles. The molecule has 0 saturated heterocycles. The minimum Gasteiger partial charge on any atom is -0.338 e. The number of carbonyl (C=O) groups excluding carboxylic acids is 2. The molecule has 0 aliphatic heterocycles. The lowest BCUT2D eigenvalue weighted by Gasteiger charge is -2.26. The topological polar surface area (TPSA) is 49.4 Å². The van der Waals surface area contributed by atoms with Gasteiger partial charge in [0, 0.05) is 23.8 Å². The molecule has 1 aliphatic rings. The van der Waals surface area contributed by atoms with E-state index in [9.17, 15) is 9.59 Å². The number of halogens is 1. The second-order valence-corrected chi connectivity index (χ2v) is 7.24. The third-order valence-corrected chi connectivity index (χ3v) is 5.15. The molecule has 1 aliphatic carbocycles. The summed E-state index contributed by atoms with van der Waals surface area (Å²) in [5, 5.41) is 3.54. The number of hydrogen-bond acceptors (Lipinski definition) is 2. The first-order chi connectivity index (χ1) is 12.5. The van der Waals surface area contributed by atoms with Crippen LogP contribution in [0.2, 0.25) is 5.02 Å². The fraction of sp³-hybridized carbons (Fsp3) is 0.333. The van der Waals surface area contributed by atoms with E-state index < -0.39 is 5.41 Å². The number of nitrogens with one attached hydrogen (secondary N) is 1. The molecule has 0 radical (unpaired) electrons. The Bertz CT molecular complexity index is 816. The van der Waals surface area contributed by atoms with Gasteiger partial charge in [-0.25, -0.2) is 0 Å². The number of benzene rings is 2. The van der Waals surface area contributed by atoms with Crippen LogP contribution in [0, 0.1) is 12.3 Å². The van der Waals surface area contributed by atoms with Crippen molar-refractivity contribution < 1.29 is 9.59 Å². The molecule has 0 spiro atoms. The van der Waals surface area contributed by atoms with E-state index in [0.29, 0.717) is 36.6 Å². The molecule has 26 heavy (non-hydrogen) atoms. The van der Waals surface area contributed by atoms with E-state index in [4.69, 9.17) is 11.6 Å². The maximum Gasteiger partial charge on any atom is 0.240 e. The highest BCUT2D eigenvalue weighted by atomic mass is 35.5. The molecule has 136 valence electrons. The summed E-state index contributed by atoms with van der Waals surface area (Å²) in [5.74, 6) is -0.313. The zero-order valence-corrected chi connectivity index (χ0v) is 15.8. The van der Waals surface area contributed by atoms with E-state index in [1.807, 2.05) is 44.2 Å². The molecule has 0 aromatic heterocycles. The van der Waals surface area contributed by atoms with Gasteiger partial charge in [-0.1, -0.05) is 41.9 Å². The van der Waals surface area contributed by atoms with Crippen LogP contribution in [0.15, 0.2) is 48.5 Å². The van der Waals surface area contributed by atoms with Crippen molar-refractivity contribution in [2.75, 3.05) is 11.9 Å². The maximum atomic E-state index is 13.1. The van der Waals surface area contributed by atoms with Crippen LogP contribution in [0.3, 0.4) is 0 Å². The maximum absolute atomic E-state index is 13.1. The second kappa shape index (κ2) is 7.50. The molecular formula is C21H23ClN2O2. The quantitative estimate of drug-likeness (QED) is 0.765. The highest BCUT2D eigenvalue weighted by Gasteiger charge is 2.57. The van der Waals surface area contributed by atoms with E-state index in [1.54, 1.807) is 23.1 Å². The highest BCUT2D eigenvalue weighted by Crippen LogP contribution is 2.48. The average molecular weight is 371 g/mol. The summed E-state index contributed by atoms with van der Waals surface area (Å²) in [6, 6.07) is 15.2. The Kier molecular flexibility index (Phi) is 5.33. The fourth-order valence-corrected chi connectivity index (χ4v) is 3.33. The second-order valence-electron chi connectivity index (χ2n) is 6.80. The van der Waals surface area contributed by atoms with Gasteiger partial charge < -0.3 is 10.2 Å². The lowest BCUT2D eigenvalue weighted by molar-refractivity contribution is -0.142. The molecule has 3 rings (SSSR count). The van der Waals surface area contributed by atoms with Crippen LogP contribution in [0.25, 0.3) is 0 Å². The first-order valence-corrected chi connectivity index (χ1v) is 9.25. The van der Waals surface area contributed by atoms with Crippen molar-refractivity contribution in [1.82, 2.24) is 4.90 Å². The summed E-state index contributed by atoms with van der Waals surface area (Å²) in [6.45, 7) is 4.92. The van der Waals surface area contributed by atoms with Gasteiger partial charge in [0.15, 0.2) is 0 Å². The van der Waals surface area contributed by atoms with Crippen LogP contribution in [-0.2, 0) is 16.1 Å². The third kappa shape index (κ3) is 3.75.